The summed E-state index contributed by atoms with van der Waals surface area (Å²) >= 11 is 5.75. The summed E-state index contributed by atoms with van der Waals surface area (Å²) in [5.41, 5.74) is 0. The van der Waals surface area contributed by atoms with E-state index in [1.807, 2.05) is 11.5 Å². The molecule has 116 valence electrons. The van der Waals surface area contributed by atoms with Crippen molar-refractivity contribution in [2.45, 2.75) is 51.6 Å². The molecule has 1 atom stereocenters. The van der Waals surface area contributed by atoms with Crippen LogP contribution in [0.3, 0.4) is 0 Å². The summed E-state index contributed by atoms with van der Waals surface area (Å²) in [6, 6.07) is 0. The van der Waals surface area contributed by atoms with E-state index in [1.54, 1.807) is 13.1 Å². The fourth-order valence-corrected chi connectivity index (χ4v) is 3.57. The van der Waals surface area contributed by atoms with E-state index in [0.29, 0.717) is 24.8 Å². The van der Waals surface area contributed by atoms with Crippen LogP contribution in [0.2, 0.25) is 0 Å². The van der Waals surface area contributed by atoms with Crippen molar-refractivity contribution in [1.82, 2.24) is 14.3 Å². The van der Waals surface area contributed by atoms with E-state index in [0.717, 1.165) is 19.3 Å². The maximum absolute atomic E-state index is 12.2. The second-order valence-electron chi connectivity index (χ2n) is 4.90. The molecule has 1 rings (SSSR count). The molecule has 1 aromatic rings. The molecule has 0 amide bonds. The normalized spacial score (nSPS) is 13.6. The van der Waals surface area contributed by atoms with Crippen molar-refractivity contribution >= 4 is 21.6 Å². The van der Waals surface area contributed by atoms with E-state index in [2.05, 4.69) is 16.6 Å². The Balaban J connectivity index is 2.73. The third kappa shape index (κ3) is 4.75. The Kier molecular flexibility index (Phi) is 6.99. The highest BCUT2D eigenvalue weighted by Gasteiger charge is 2.20. The fourth-order valence-electron chi connectivity index (χ4n) is 2.14. The Morgan fingerprint density at radius 3 is 2.60 bits per heavy atom. The molecule has 0 radical (unpaired) electrons. The monoisotopic (exact) mass is 321 g/mol. The minimum absolute atomic E-state index is 0.0953. The van der Waals surface area contributed by atoms with E-state index in [-0.39, 0.29) is 10.9 Å². The molecule has 0 aliphatic rings. The van der Waals surface area contributed by atoms with Gasteiger partial charge in [-0.1, -0.05) is 13.3 Å². The number of aryl methyl sites for hydroxylation is 2. The van der Waals surface area contributed by atoms with Crippen LogP contribution in [-0.2, 0) is 16.6 Å². The van der Waals surface area contributed by atoms with Gasteiger partial charge in [0.25, 0.3) is 10.0 Å². The summed E-state index contributed by atoms with van der Waals surface area (Å²) in [5.74, 6) is 1.54. The predicted octanol–water partition coefficient (Wildman–Crippen LogP) is 2.53. The van der Waals surface area contributed by atoms with Gasteiger partial charge in [0.2, 0.25) is 0 Å². The molecule has 0 saturated carbocycles. The minimum Gasteiger partial charge on any atom is -0.334 e. The highest BCUT2D eigenvalue weighted by molar-refractivity contribution is 7.89. The van der Waals surface area contributed by atoms with Crippen molar-refractivity contribution in [3.05, 3.63) is 12.0 Å². The van der Waals surface area contributed by atoms with Gasteiger partial charge in [0.1, 0.15) is 5.82 Å². The van der Waals surface area contributed by atoms with Crippen molar-refractivity contribution in [2.75, 3.05) is 12.4 Å². The molecule has 0 saturated heterocycles. The molecule has 1 N–H and O–H groups in total. The van der Waals surface area contributed by atoms with Crippen LogP contribution in [0.4, 0.5) is 0 Å². The van der Waals surface area contributed by atoms with Crippen LogP contribution >= 0.6 is 11.6 Å². The van der Waals surface area contributed by atoms with Gasteiger partial charge in [-0.3, -0.25) is 0 Å². The molecular formula is C13H24ClN3O2S. The first-order chi connectivity index (χ1) is 9.44. The third-order valence-corrected chi connectivity index (χ3v) is 4.86. The first-order valence-corrected chi connectivity index (χ1v) is 9.05. The standard InChI is InChI=1S/C13H24ClN3O2S/c1-4-6-12(7-8-14)9-15-20(18,19)13-10-17(5-2)11(3)16-13/h10,12,15H,4-9H2,1-3H3. The maximum Gasteiger partial charge on any atom is 0.259 e. The van der Waals surface area contributed by atoms with Gasteiger partial charge in [0, 0.05) is 25.2 Å². The van der Waals surface area contributed by atoms with Crippen LogP contribution in [-0.4, -0.2) is 30.4 Å². The van der Waals surface area contributed by atoms with Gasteiger partial charge in [-0.15, -0.1) is 11.6 Å². The summed E-state index contributed by atoms with van der Waals surface area (Å²) < 4.78 is 28.9. The Hall–Kier alpha value is -0.590. The highest BCUT2D eigenvalue weighted by atomic mass is 35.5. The highest BCUT2D eigenvalue weighted by Crippen LogP contribution is 2.14. The average Bonchev–Trinajstić information content (AvgIpc) is 2.79. The zero-order chi connectivity index (χ0) is 15.2. The molecule has 0 bridgehead atoms. The Labute approximate surface area is 126 Å². The molecule has 7 heteroatoms. The largest absolute Gasteiger partial charge is 0.334 e. The number of nitrogens with zero attached hydrogens (tertiary/aromatic N) is 2. The molecule has 0 fully saturated rings. The number of sulfonamides is 1. The zero-order valence-electron chi connectivity index (χ0n) is 12.4. The lowest BCUT2D eigenvalue weighted by Gasteiger charge is -2.14. The van der Waals surface area contributed by atoms with Gasteiger partial charge in [0.05, 0.1) is 0 Å². The number of rotatable bonds is 9. The van der Waals surface area contributed by atoms with E-state index < -0.39 is 10.0 Å². The first kappa shape index (κ1) is 17.5. The van der Waals surface area contributed by atoms with Crippen LogP contribution in [0.25, 0.3) is 0 Å². The SMILES string of the molecule is CCCC(CCCl)CNS(=O)(=O)c1cn(CC)c(C)n1. The lowest BCUT2D eigenvalue weighted by atomic mass is 10.0. The van der Waals surface area contributed by atoms with Crippen LogP contribution in [0, 0.1) is 12.8 Å². The zero-order valence-corrected chi connectivity index (χ0v) is 14.0. The predicted molar refractivity (Wildman–Crippen MR) is 81.6 cm³/mol. The van der Waals surface area contributed by atoms with Crippen LogP contribution < -0.4 is 4.72 Å². The maximum atomic E-state index is 12.2. The lowest BCUT2D eigenvalue weighted by Crippen LogP contribution is -2.30. The van der Waals surface area contributed by atoms with Gasteiger partial charge >= 0.3 is 0 Å². The number of imidazole rings is 1. The molecule has 5 nitrogen and oxygen atoms in total. The Morgan fingerprint density at radius 2 is 2.10 bits per heavy atom. The molecule has 1 unspecified atom stereocenters. The van der Waals surface area contributed by atoms with Gasteiger partial charge in [-0.2, -0.15) is 0 Å². The lowest BCUT2D eigenvalue weighted by molar-refractivity contribution is 0.456. The van der Waals surface area contributed by atoms with Gasteiger partial charge in [-0.05, 0) is 32.6 Å². The van der Waals surface area contributed by atoms with Crippen molar-refractivity contribution in [2.24, 2.45) is 5.92 Å². The number of alkyl halides is 1. The van der Waals surface area contributed by atoms with E-state index in [9.17, 15) is 8.42 Å². The van der Waals surface area contributed by atoms with Crippen molar-refractivity contribution < 1.29 is 8.42 Å². The number of hydrogen-bond donors (Lipinski definition) is 1. The van der Waals surface area contributed by atoms with Gasteiger partial charge in [-0.25, -0.2) is 18.1 Å². The van der Waals surface area contributed by atoms with Crippen LogP contribution in [0.5, 0.6) is 0 Å². The van der Waals surface area contributed by atoms with Crippen molar-refractivity contribution in [3.8, 4) is 0 Å². The molecule has 0 aromatic carbocycles. The summed E-state index contributed by atoms with van der Waals surface area (Å²) in [6.07, 6.45) is 4.39. The summed E-state index contributed by atoms with van der Waals surface area (Å²) in [5, 5.41) is 0.0953. The van der Waals surface area contributed by atoms with Gasteiger partial charge < -0.3 is 4.57 Å². The molecule has 0 aliphatic heterocycles. The minimum atomic E-state index is -3.53. The Morgan fingerprint density at radius 1 is 1.40 bits per heavy atom. The Bertz CT molecular complexity index is 508. The summed E-state index contributed by atoms with van der Waals surface area (Å²) in [6.45, 7) is 6.97. The van der Waals surface area contributed by atoms with E-state index in [4.69, 9.17) is 11.6 Å². The molecule has 0 aliphatic carbocycles. The van der Waals surface area contributed by atoms with Crippen molar-refractivity contribution in [3.63, 3.8) is 0 Å². The average molecular weight is 322 g/mol. The molecule has 0 spiro atoms. The molecule has 1 aromatic heterocycles. The van der Waals surface area contributed by atoms with Crippen LogP contribution in [0.15, 0.2) is 11.2 Å². The molecular weight excluding hydrogens is 298 g/mol. The van der Waals surface area contributed by atoms with E-state index >= 15 is 0 Å². The smallest absolute Gasteiger partial charge is 0.259 e. The van der Waals surface area contributed by atoms with Crippen molar-refractivity contribution in [1.29, 1.82) is 0 Å². The van der Waals surface area contributed by atoms with Gasteiger partial charge in [0.15, 0.2) is 5.03 Å². The number of aromatic nitrogens is 2. The second-order valence-corrected chi connectivity index (χ2v) is 6.99. The topological polar surface area (TPSA) is 64.0 Å². The number of nitrogens with one attached hydrogen (secondary N) is 1. The third-order valence-electron chi connectivity index (χ3n) is 3.35. The second kappa shape index (κ2) is 8.00. The summed E-state index contributed by atoms with van der Waals surface area (Å²) in [4.78, 5) is 4.11. The first-order valence-electron chi connectivity index (χ1n) is 7.04. The number of halogens is 1. The van der Waals surface area contributed by atoms with E-state index in [1.165, 1.54) is 0 Å². The van der Waals surface area contributed by atoms with Crippen LogP contribution in [0.1, 0.15) is 38.9 Å². The molecule has 20 heavy (non-hydrogen) atoms. The summed E-state index contributed by atoms with van der Waals surface area (Å²) in [7, 11) is -3.53. The quantitative estimate of drug-likeness (QED) is 0.711. The fraction of sp³-hybridized carbons (Fsp3) is 0.769. The number of hydrogen-bond acceptors (Lipinski definition) is 3. The molecule has 1 heterocycles.